The number of benzene rings is 2. The summed E-state index contributed by atoms with van der Waals surface area (Å²) in [6, 6.07) is 9.98. The topological polar surface area (TPSA) is 159 Å². The molecule has 4 N–H and O–H groups in total. The number of hydrogen-bond acceptors (Lipinski definition) is 7. The van der Waals surface area contributed by atoms with Crippen molar-refractivity contribution >= 4 is 63.8 Å². The first-order chi connectivity index (χ1) is 15.7. The van der Waals surface area contributed by atoms with Gasteiger partial charge in [-0.15, -0.1) is 0 Å². The Morgan fingerprint density at radius 1 is 1.18 bits per heavy atom. The van der Waals surface area contributed by atoms with Gasteiger partial charge in [-0.3, -0.25) is 29.5 Å². The largest absolute Gasteiger partial charge is 0.325 e. The number of non-ortho nitro benzene ring substituents is 1. The van der Waals surface area contributed by atoms with Crippen molar-refractivity contribution in [2.75, 3.05) is 16.0 Å². The van der Waals surface area contributed by atoms with E-state index in [1.807, 2.05) is 0 Å². The Morgan fingerprint density at radius 2 is 1.97 bits per heavy atom. The molecule has 4 rings (SSSR count). The Bertz CT molecular complexity index is 1360. The van der Waals surface area contributed by atoms with Crippen molar-refractivity contribution in [2.45, 2.75) is 12.3 Å². The third-order valence-corrected chi connectivity index (χ3v) is 5.32. The van der Waals surface area contributed by atoms with Crippen LogP contribution in [0.2, 0.25) is 10.0 Å². The zero-order valence-electron chi connectivity index (χ0n) is 16.5. The molecule has 0 unspecified atom stereocenters. The number of carbonyl (C=O) groups excluding carboxylic acids is 2. The highest BCUT2D eigenvalue weighted by atomic mass is 35.5. The zero-order valence-corrected chi connectivity index (χ0v) is 18.0. The molecule has 1 aliphatic rings. The van der Waals surface area contributed by atoms with Crippen LogP contribution < -0.4 is 21.5 Å². The van der Waals surface area contributed by atoms with E-state index in [1.165, 1.54) is 30.3 Å². The number of amides is 2. The van der Waals surface area contributed by atoms with E-state index in [1.54, 1.807) is 12.1 Å². The number of fused-ring (bicyclic) bond motifs is 1. The van der Waals surface area contributed by atoms with Crippen LogP contribution in [0.25, 0.3) is 0 Å². The smallest absolute Gasteiger partial charge is 0.271 e. The molecule has 2 aromatic carbocycles. The van der Waals surface area contributed by atoms with Gasteiger partial charge in [0.1, 0.15) is 5.82 Å². The summed E-state index contributed by atoms with van der Waals surface area (Å²) < 4.78 is 0. The van der Waals surface area contributed by atoms with Crippen molar-refractivity contribution in [3.05, 3.63) is 78.5 Å². The molecule has 2 heterocycles. The highest BCUT2D eigenvalue weighted by Gasteiger charge is 2.35. The van der Waals surface area contributed by atoms with Gasteiger partial charge in [0.2, 0.25) is 17.8 Å². The Morgan fingerprint density at radius 3 is 2.70 bits per heavy atom. The normalized spacial score (nSPS) is 14.7. The summed E-state index contributed by atoms with van der Waals surface area (Å²) in [6.07, 6.45) is -0.297. The van der Waals surface area contributed by atoms with Crippen LogP contribution >= 0.6 is 23.2 Å². The average Bonchev–Trinajstić information content (AvgIpc) is 2.75. The molecule has 0 saturated heterocycles. The van der Waals surface area contributed by atoms with Gasteiger partial charge in [-0.2, -0.15) is 4.98 Å². The van der Waals surface area contributed by atoms with Crippen molar-refractivity contribution < 1.29 is 14.5 Å². The van der Waals surface area contributed by atoms with Crippen LogP contribution in [0.1, 0.15) is 17.9 Å². The maximum Gasteiger partial charge on any atom is 0.271 e. The van der Waals surface area contributed by atoms with E-state index in [-0.39, 0.29) is 40.1 Å². The van der Waals surface area contributed by atoms with Crippen molar-refractivity contribution in [1.29, 1.82) is 0 Å². The number of rotatable bonds is 5. The maximum atomic E-state index is 12.9. The third kappa shape index (κ3) is 4.78. The van der Waals surface area contributed by atoms with Gasteiger partial charge in [-0.05, 0) is 24.3 Å². The lowest BCUT2D eigenvalue weighted by molar-refractivity contribution is -0.384. The summed E-state index contributed by atoms with van der Waals surface area (Å²) in [5, 5.41) is 19.5. The Kier molecular flexibility index (Phi) is 5.99. The molecule has 11 nitrogen and oxygen atoms in total. The van der Waals surface area contributed by atoms with Crippen LogP contribution in [0.5, 0.6) is 0 Å². The first-order valence-corrected chi connectivity index (χ1v) is 10.2. The van der Waals surface area contributed by atoms with Crippen LogP contribution in [0, 0.1) is 10.1 Å². The minimum Gasteiger partial charge on any atom is -0.325 e. The van der Waals surface area contributed by atoms with E-state index in [0.29, 0.717) is 10.7 Å². The number of anilines is 4. The molecule has 0 fully saturated rings. The lowest BCUT2D eigenvalue weighted by Crippen LogP contribution is -2.36. The highest BCUT2D eigenvalue weighted by Crippen LogP contribution is 2.32. The van der Waals surface area contributed by atoms with Crippen molar-refractivity contribution in [3.8, 4) is 0 Å². The number of hydrogen-bond donors (Lipinski definition) is 4. The van der Waals surface area contributed by atoms with E-state index in [4.69, 9.17) is 23.2 Å². The van der Waals surface area contributed by atoms with Gasteiger partial charge in [-0.25, -0.2) is 0 Å². The first kappa shape index (κ1) is 22.2. The second kappa shape index (κ2) is 8.88. The minimum absolute atomic E-state index is 0.0111. The molecule has 168 valence electrons. The van der Waals surface area contributed by atoms with E-state index >= 15 is 0 Å². The summed E-state index contributed by atoms with van der Waals surface area (Å²) >= 11 is 12.0. The number of nitrogens with zero attached hydrogens (tertiary/aromatic N) is 2. The molecular formula is C20H14Cl2N6O5. The quantitative estimate of drug-likeness (QED) is 0.313. The Labute approximate surface area is 195 Å². The summed E-state index contributed by atoms with van der Waals surface area (Å²) in [4.78, 5) is 55.0. The molecule has 0 radical (unpaired) electrons. The van der Waals surface area contributed by atoms with Crippen LogP contribution in [0.4, 0.5) is 28.8 Å². The molecule has 0 saturated carbocycles. The molecule has 3 aromatic rings. The van der Waals surface area contributed by atoms with Gasteiger partial charge in [0, 0.05) is 29.3 Å². The summed E-state index contributed by atoms with van der Waals surface area (Å²) in [7, 11) is 0. The molecule has 0 bridgehead atoms. The first-order valence-electron chi connectivity index (χ1n) is 9.42. The number of carbonyl (C=O) groups is 2. The molecule has 13 heteroatoms. The Hall–Kier alpha value is -3.96. The maximum absolute atomic E-state index is 12.9. The monoisotopic (exact) mass is 488 g/mol. The van der Waals surface area contributed by atoms with Gasteiger partial charge < -0.3 is 16.0 Å². The zero-order chi connectivity index (χ0) is 23.7. The number of nitrogens with one attached hydrogen (secondary N) is 4. The number of nitro benzene ring substituents is 1. The summed E-state index contributed by atoms with van der Waals surface area (Å²) in [5.74, 6) is -2.45. The van der Waals surface area contributed by atoms with Gasteiger partial charge >= 0.3 is 0 Å². The fraction of sp³-hybridized carbons (Fsp3) is 0.100. The second-order valence-electron chi connectivity index (χ2n) is 7.03. The predicted octanol–water partition coefficient (Wildman–Crippen LogP) is 3.79. The SMILES string of the molecule is O=C1C[C@H](C(=O)Nc2cccc([N+](=O)[O-])c2)c2c(nc(Nc3ccc(Cl)cc3Cl)[nH]c2=O)N1. The van der Waals surface area contributed by atoms with E-state index in [2.05, 4.69) is 25.9 Å². The number of aromatic nitrogens is 2. The van der Waals surface area contributed by atoms with E-state index in [9.17, 15) is 24.5 Å². The standard InChI is InChI=1S/C20H14Cl2N6O5/c21-9-4-5-14(13(22)6-9)24-20-26-17-16(19(31)27-20)12(8-15(29)25-17)18(30)23-10-2-1-3-11(7-10)28(32)33/h1-7,12H,8H2,(H,23,30)(H3,24,25,26,27,29,31)/t12-/m0/s1. The van der Waals surface area contributed by atoms with Crippen molar-refractivity contribution in [1.82, 2.24) is 9.97 Å². The van der Waals surface area contributed by atoms with Crippen LogP contribution in [0.15, 0.2) is 47.3 Å². The molecule has 1 aliphatic heterocycles. The van der Waals surface area contributed by atoms with Crippen LogP contribution in [-0.2, 0) is 9.59 Å². The second-order valence-corrected chi connectivity index (χ2v) is 7.87. The third-order valence-electron chi connectivity index (χ3n) is 4.78. The number of halogens is 2. The highest BCUT2D eigenvalue weighted by molar-refractivity contribution is 6.36. The van der Waals surface area contributed by atoms with Crippen molar-refractivity contribution in [2.24, 2.45) is 0 Å². The lowest BCUT2D eigenvalue weighted by atomic mass is 9.92. The van der Waals surface area contributed by atoms with E-state index < -0.39 is 28.2 Å². The lowest BCUT2D eigenvalue weighted by Gasteiger charge is -2.23. The number of H-pyrrole nitrogens is 1. The van der Waals surface area contributed by atoms with Gasteiger partial charge in [0.05, 0.1) is 27.1 Å². The van der Waals surface area contributed by atoms with Gasteiger partial charge in [0.25, 0.3) is 11.2 Å². The fourth-order valence-corrected chi connectivity index (χ4v) is 3.76. The summed E-state index contributed by atoms with van der Waals surface area (Å²) in [6.45, 7) is 0. The molecule has 0 aliphatic carbocycles. The fourth-order valence-electron chi connectivity index (χ4n) is 3.30. The minimum atomic E-state index is -1.16. The van der Waals surface area contributed by atoms with Gasteiger partial charge in [-0.1, -0.05) is 29.3 Å². The molecule has 0 spiro atoms. The average molecular weight is 489 g/mol. The summed E-state index contributed by atoms with van der Waals surface area (Å²) in [5.41, 5.74) is -0.337. The van der Waals surface area contributed by atoms with Crippen LogP contribution in [0.3, 0.4) is 0 Å². The van der Waals surface area contributed by atoms with Crippen molar-refractivity contribution in [3.63, 3.8) is 0 Å². The number of nitro groups is 1. The van der Waals surface area contributed by atoms with E-state index in [0.717, 1.165) is 0 Å². The molecule has 2 amide bonds. The molecule has 1 atom stereocenters. The molecular weight excluding hydrogens is 475 g/mol. The van der Waals surface area contributed by atoms with Crippen LogP contribution in [-0.4, -0.2) is 26.7 Å². The molecule has 1 aromatic heterocycles. The predicted molar refractivity (Wildman–Crippen MR) is 122 cm³/mol. The Balaban J connectivity index is 1.64. The van der Waals surface area contributed by atoms with Gasteiger partial charge in [0.15, 0.2) is 0 Å². The number of aromatic amines is 1. The molecule has 33 heavy (non-hydrogen) atoms.